The Kier molecular flexibility index (Phi) is 6.59. The van der Waals surface area contributed by atoms with Gasteiger partial charge in [0.15, 0.2) is 11.5 Å². The minimum Gasteiger partial charge on any atom is -0.493 e. The first-order valence-corrected chi connectivity index (χ1v) is 14.3. The van der Waals surface area contributed by atoms with Crippen molar-refractivity contribution in [3.05, 3.63) is 77.9 Å². The molecule has 0 unspecified atom stereocenters. The lowest BCUT2D eigenvalue weighted by Crippen LogP contribution is -2.78. The third-order valence-electron chi connectivity index (χ3n) is 9.57. The highest BCUT2D eigenvalue weighted by atomic mass is 16.5. The Labute approximate surface area is 231 Å². The van der Waals surface area contributed by atoms with Gasteiger partial charge in [0.05, 0.1) is 24.2 Å². The van der Waals surface area contributed by atoms with Crippen molar-refractivity contribution in [2.45, 2.75) is 68.7 Å². The lowest BCUT2D eigenvalue weighted by Gasteiger charge is -2.64. The van der Waals surface area contributed by atoms with Crippen LogP contribution in [0.25, 0.3) is 6.08 Å². The second-order valence-electron chi connectivity index (χ2n) is 12.1. The van der Waals surface area contributed by atoms with E-state index in [9.17, 15) is 9.90 Å². The highest BCUT2D eigenvalue weighted by Crippen LogP contribution is 2.66. The van der Waals surface area contributed by atoms with E-state index >= 15 is 0 Å². The lowest BCUT2D eigenvalue weighted by atomic mass is 9.48. The van der Waals surface area contributed by atoms with Gasteiger partial charge < -0.3 is 19.5 Å². The summed E-state index contributed by atoms with van der Waals surface area (Å²) in [5.41, 5.74) is 1.80. The molecule has 2 aliphatic carbocycles. The Bertz CT molecular complexity index is 1290. The zero-order valence-electron chi connectivity index (χ0n) is 23.3. The topological polar surface area (TPSA) is 62.2 Å². The van der Waals surface area contributed by atoms with Crippen molar-refractivity contribution in [2.24, 2.45) is 5.92 Å². The average Bonchev–Trinajstić information content (AvgIpc) is 3.28. The monoisotopic (exact) mass is 528 g/mol. The Morgan fingerprint density at radius 3 is 2.77 bits per heavy atom. The van der Waals surface area contributed by atoms with Crippen molar-refractivity contribution in [2.75, 3.05) is 26.7 Å². The third-order valence-corrected chi connectivity index (χ3v) is 9.57. The Hall–Kier alpha value is -3.09. The zero-order valence-corrected chi connectivity index (χ0v) is 23.3. The van der Waals surface area contributed by atoms with Crippen LogP contribution in [0.5, 0.6) is 11.5 Å². The second kappa shape index (κ2) is 9.83. The quantitative estimate of drug-likeness (QED) is 0.401. The zero-order chi connectivity index (χ0) is 27.4. The number of piperidine rings is 1. The number of aliphatic hydroxyl groups is 1. The maximum absolute atomic E-state index is 13.9. The number of amides is 1. The lowest BCUT2D eigenvalue weighted by molar-refractivity contribution is -0.199. The fraction of sp³-hybridized carbons (Fsp3) is 0.485. The summed E-state index contributed by atoms with van der Waals surface area (Å²) < 4.78 is 12.7. The predicted molar refractivity (Wildman–Crippen MR) is 153 cm³/mol. The predicted octanol–water partition coefficient (Wildman–Crippen LogP) is 4.60. The molecule has 1 saturated heterocycles. The molecule has 6 nitrogen and oxygen atoms in total. The molecule has 0 aromatic heterocycles. The van der Waals surface area contributed by atoms with Gasteiger partial charge in [-0.15, -0.1) is 6.58 Å². The van der Waals surface area contributed by atoms with Crippen LogP contribution in [0, 0.1) is 5.92 Å². The molecule has 5 atom stereocenters. The molecule has 4 aliphatic rings. The van der Waals surface area contributed by atoms with Crippen molar-refractivity contribution in [1.82, 2.24) is 9.80 Å². The maximum Gasteiger partial charge on any atom is 0.246 e. The number of hydrogen-bond acceptors (Lipinski definition) is 5. The second-order valence-corrected chi connectivity index (χ2v) is 12.1. The van der Waals surface area contributed by atoms with Crippen molar-refractivity contribution in [1.29, 1.82) is 0 Å². The summed E-state index contributed by atoms with van der Waals surface area (Å²) in [6.45, 7) is 10.5. The van der Waals surface area contributed by atoms with Crippen LogP contribution in [0.1, 0.15) is 49.8 Å². The number of hydrogen-bond donors (Lipinski definition) is 1. The molecule has 6 heteroatoms. The smallest absolute Gasteiger partial charge is 0.246 e. The highest BCUT2D eigenvalue weighted by molar-refractivity contribution is 5.92. The molecular formula is C33H40N2O4. The van der Waals surface area contributed by atoms with Crippen LogP contribution >= 0.6 is 0 Å². The number of ether oxygens (including phenoxy) is 2. The van der Waals surface area contributed by atoms with E-state index in [4.69, 9.17) is 9.47 Å². The average molecular weight is 529 g/mol. The molecule has 1 amide bonds. The van der Waals surface area contributed by atoms with Gasteiger partial charge in [0.2, 0.25) is 5.91 Å². The first-order chi connectivity index (χ1) is 18.8. The number of carbonyl (C=O) groups excluding carboxylic acids is 1. The van der Waals surface area contributed by atoms with Crippen molar-refractivity contribution in [3.8, 4) is 11.5 Å². The van der Waals surface area contributed by atoms with Crippen LogP contribution in [0.4, 0.5) is 0 Å². The number of methoxy groups -OCH3 is 1. The SMILES string of the molecule is C=CCN1CC[C@]23c4c5ccc(OC)c4O[C@H]2[C@H](N(CC(C)C)C(=O)C=Cc2ccccc2)CC[C@@]3(O)[C@H]1C5. The molecule has 2 aromatic carbocycles. The third kappa shape index (κ3) is 3.86. The first kappa shape index (κ1) is 26.1. The Balaban J connectivity index is 1.44. The van der Waals surface area contributed by atoms with Crippen molar-refractivity contribution < 1.29 is 19.4 Å². The van der Waals surface area contributed by atoms with E-state index < -0.39 is 11.0 Å². The van der Waals surface area contributed by atoms with Crippen molar-refractivity contribution in [3.63, 3.8) is 0 Å². The van der Waals surface area contributed by atoms with Crippen LogP contribution < -0.4 is 9.47 Å². The Morgan fingerprint density at radius 1 is 1.26 bits per heavy atom. The molecule has 2 aromatic rings. The van der Waals surface area contributed by atoms with E-state index in [1.165, 1.54) is 5.56 Å². The van der Waals surface area contributed by atoms with Crippen LogP contribution in [0.15, 0.2) is 61.2 Å². The molecule has 206 valence electrons. The van der Waals surface area contributed by atoms with Gasteiger partial charge in [0.25, 0.3) is 0 Å². The van der Waals surface area contributed by atoms with Gasteiger partial charge in [-0.3, -0.25) is 9.69 Å². The molecule has 0 radical (unpaired) electrons. The first-order valence-electron chi connectivity index (χ1n) is 14.3. The molecule has 6 rings (SSSR count). The van der Waals surface area contributed by atoms with E-state index in [0.29, 0.717) is 31.1 Å². The van der Waals surface area contributed by atoms with Gasteiger partial charge in [0.1, 0.15) is 6.10 Å². The fourth-order valence-corrected chi connectivity index (χ4v) is 8.07. The van der Waals surface area contributed by atoms with Crippen LogP contribution in [0.3, 0.4) is 0 Å². The van der Waals surface area contributed by atoms with Crippen LogP contribution in [-0.2, 0) is 16.6 Å². The molecule has 1 spiro atoms. The van der Waals surface area contributed by atoms with E-state index in [-0.39, 0.29) is 24.1 Å². The van der Waals surface area contributed by atoms with Gasteiger partial charge in [0, 0.05) is 30.8 Å². The summed E-state index contributed by atoms with van der Waals surface area (Å²) in [7, 11) is 1.67. The number of benzene rings is 2. The summed E-state index contributed by atoms with van der Waals surface area (Å²) in [5.74, 6) is 1.75. The number of likely N-dealkylation sites (tertiary alicyclic amines) is 1. The molecule has 1 saturated carbocycles. The highest BCUT2D eigenvalue weighted by Gasteiger charge is 2.73. The van der Waals surface area contributed by atoms with Crippen LogP contribution in [0.2, 0.25) is 0 Å². The van der Waals surface area contributed by atoms with E-state index in [1.54, 1.807) is 13.2 Å². The normalized spacial score (nSPS) is 30.6. The largest absolute Gasteiger partial charge is 0.493 e. The summed E-state index contributed by atoms with van der Waals surface area (Å²) in [4.78, 5) is 18.3. The maximum atomic E-state index is 13.9. The standard InChI is InChI=1S/C33H40N2O4/c1-5-18-34-19-17-32-29-24-12-13-26(38-4)30(29)39-31(32)25(15-16-33(32,37)27(34)20-24)35(21-22(2)3)28(36)14-11-23-9-7-6-8-10-23/h5-14,22,25,27,31,37H,1,15-21H2,2-4H3/t25-,27-,31+,32+,33-/m1/s1. The molecule has 2 heterocycles. The number of rotatable bonds is 8. The van der Waals surface area contributed by atoms with Gasteiger partial charge in [-0.05, 0) is 61.4 Å². The van der Waals surface area contributed by atoms with E-state index in [1.807, 2.05) is 53.5 Å². The molecule has 39 heavy (non-hydrogen) atoms. The van der Waals surface area contributed by atoms with E-state index in [2.05, 4.69) is 31.4 Å². The fourth-order valence-electron chi connectivity index (χ4n) is 8.07. The van der Waals surface area contributed by atoms with Gasteiger partial charge in [-0.1, -0.05) is 56.3 Å². The summed E-state index contributed by atoms with van der Waals surface area (Å²) in [5, 5.41) is 12.7. The van der Waals surface area contributed by atoms with Crippen LogP contribution in [-0.4, -0.2) is 71.3 Å². The van der Waals surface area contributed by atoms with E-state index in [0.717, 1.165) is 42.8 Å². The molecule has 2 aliphatic heterocycles. The number of nitrogens with zero attached hydrogens (tertiary/aromatic N) is 2. The summed E-state index contributed by atoms with van der Waals surface area (Å²) in [6.07, 6.45) is 8.03. The van der Waals surface area contributed by atoms with Gasteiger partial charge >= 0.3 is 0 Å². The minimum atomic E-state index is -0.952. The molecule has 2 fully saturated rings. The van der Waals surface area contributed by atoms with Crippen molar-refractivity contribution >= 4 is 12.0 Å². The van der Waals surface area contributed by atoms with Gasteiger partial charge in [-0.2, -0.15) is 0 Å². The van der Waals surface area contributed by atoms with Gasteiger partial charge in [-0.25, -0.2) is 0 Å². The molecule has 1 N–H and O–H groups in total. The Morgan fingerprint density at radius 2 is 2.05 bits per heavy atom. The minimum absolute atomic E-state index is 0.0115. The number of carbonyl (C=O) groups is 1. The molecular weight excluding hydrogens is 488 g/mol. The summed E-state index contributed by atoms with van der Waals surface area (Å²) in [6, 6.07) is 13.9. The summed E-state index contributed by atoms with van der Waals surface area (Å²) >= 11 is 0. The molecule has 2 bridgehead atoms.